The van der Waals surface area contributed by atoms with Crippen LogP contribution in [-0.4, -0.2) is 15.9 Å². The topological polar surface area (TPSA) is 68.0 Å². The minimum Gasteiger partial charge on any atom is -0.436 e. The van der Waals surface area contributed by atoms with Crippen LogP contribution in [-0.2, 0) is 0 Å². The highest BCUT2D eigenvalue weighted by atomic mass is 35.5. The van der Waals surface area contributed by atoms with Gasteiger partial charge in [0.05, 0.1) is 5.56 Å². The van der Waals surface area contributed by atoms with Crippen LogP contribution in [0, 0.1) is 6.92 Å². The van der Waals surface area contributed by atoms with Crippen molar-refractivity contribution in [2.24, 2.45) is 0 Å². The molecule has 0 bridgehead atoms. The zero-order chi connectivity index (χ0) is 18.1. The molecule has 0 saturated heterocycles. The van der Waals surface area contributed by atoms with Crippen molar-refractivity contribution >= 4 is 34.3 Å². The Morgan fingerprint density at radius 3 is 2.69 bits per heavy atom. The normalized spacial score (nSPS) is 10.8. The highest BCUT2D eigenvalue weighted by Gasteiger charge is 2.12. The summed E-state index contributed by atoms with van der Waals surface area (Å²) in [5.41, 5.74) is 4.50. The molecule has 5 nitrogen and oxygen atoms in total. The number of anilines is 1. The van der Waals surface area contributed by atoms with Crippen molar-refractivity contribution in [3.05, 3.63) is 77.1 Å². The fraction of sp³-hybridized carbons (Fsp3) is 0.0500. The number of nitrogens with zero attached hydrogens (tertiary/aromatic N) is 2. The highest BCUT2D eigenvalue weighted by Crippen LogP contribution is 2.26. The number of amides is 1. The summed E-state index contributed by atoms with van der Waals surface area (Å²) in [4.78, 5) is 20.7. The Labute approximate surface area is 154 Å². The molecule has 0 radical (unpaired) electrons. The maximum absolute atomic E-state index is 12.3. The predicted molar refractivity (Wildman–Crippen MR) is 101 cm³/mol. The fourth-order valence-electron chi connectivity index (χ4n) is 2.61. The molecule has 2 aromatic heterocycles. The lowest BCUT2D eigenvalue weighted by Crippen LogP contribution is -2.12. The number of pyridine rings is 1. The van der Waals surface area contributed by atoms with Crippen LogP contribution in [0.4, 0.5) is 5.69 Å². The van der Waals surface area contributed by atoms with Gasteiger partial charge >= 0.3 is 0 Å². The second-order valence-corrected chi connectivity index (χ2v) is 6.22. The Bertz CT molecular complexity index is 1100. The number of benzene rings is 2. The monoisotopic (exact) mass is 363 g/mol. The Balaban J connectivity index is 1.56. The maximum Gasteiger partial charge on any atom is 0.258 e. The standard InChI is InChI=1S/C20H14ClN3O2/c1-12-4-9-17-16(11-12)24-20(26-17)13-5-7-14(8-6-13)23-19(25)15-3-2-10-22-18(15)21/h2-11H,1H3,(H,23,25). The fourth-order valence-corrected chi connectivity index (χ4v) is 2.82. The molecule has 128 valence electrons. The van der Waals surface area contributed by atoms with Gasteiger partial charge in [-0.25, -0.2) is 9.97 Å². The number of carbonyl (C=O) groups excluding carboxylic acids is 1. The van der Waals surface area contributed by atoms with Gasteiger partial charge < -0.3 is 9.73 Å². The molecular weight excluding hydrogens is 350 g/mol. The molecule has 26 heavy (non-hydrogen) atoms. The van der Waals surface area contributed by atoms with E-state index >= 15 is 0 Å². The molecule has 4 rings (SSSR count). The Morgan fingerprint density at radius 2 is 1.92 bits per heavy atom. The minimum atomic E-state index is -0.312. The third-order valence-electron chi connectivity index (χ3n) is 3.94. The van der Waals surface area contributed by atoms with E-state index in [-0.39, 0.29) is 11.1 Å². The molecule has 0 fully saturated rings. The van der Waals surface area contributed by atoms with E-state index in [1.807, 2.05) is 37.3 Å². The predicted octanol–water partition coefficient (Wildman–Crippen LogP) is 5.10. The molecular formula is C20H14ClN3O2. The number of aromatic nitrogens is 2. The van der Waals surface area contributed by atoms with Crippen LogP contribution >= 0.6 is 11.6 Å². The first kappa shape index (κ1) is 16.3. The zero-order valence-electron chi connectivity index (χ0n) is 13.9. The van der Waals surface area contributed by atoms with Gasteiger partial charge in [0, 0.05) is 17.4 Å². The van der Waals surface area contributed by atoms with Crippen LogP contribution in [0.3, 0.4) is 0 Å². The SMILES string of the molecule is Cc1ccc2oc(-c3ccc(NC(=O)c4cccnc4Cl)cc3)nc2c1. The molecule has 4 aromatic rings. The summed E-state index contributed by atoms with van der Waals surface area (Å²) in [6, 6.07) is 16.4. The first-order valence-electron chi connectivity index (χ1n) is 8.00. The lowest BCUT2D eigenvalue weighted by Gasteiger charge is -2.06. The Morgan fingerprint density at radius 1 is 1.12 bits per heavy atom. The van der Waals surface area contributed by atoms with Crippen LogP contribution < -0.4 is 5.32 Å². The average Bonchev–Trinajstić information content (AvgIpc) is 3.05. The third kappa shape index (κ3) is 3.17. The van der Waals surface area contributed by atoms with Gasteiger partial charge in [0.15, 0.2) is 5.58 Å². The molecule has 0 aliphatic heterocycles. The summed E-state index contributed by atoms with van der Waals surface area (Å²) in [5.74, 6) is 0.229. The number of aryl methyl sites for hydroxylation is 1. The summed E-state index contributed by atoms with van der Waals surface area (Å²) in [6.45, 7) is 2.01. The second-order valence-electron chi connectivity index (χ2n) is 5.86. The quantitative estimate of drug-likeness (QED) is 0.514. The number of halogens is 1. The summed E-state index contributed by atoms with van der Waals surface area (Å²) in [5, 5.41) is 2.97. The number of fused-ring (bicyclic) bond motifs is 1. The van der Waals surface area contributed by atoms with E-state index in [4.69, 9.17) is 16.0 Å². The lowest BCUT2D eigenvalue weighted by atomic mass is 10.2. The molecule has 1 amide bonds. The Hall–Kier alpha value is -3.18. The Kier molecular flexibility index (Phi) is 4.14. The number of hydrogen-bond acceptors (Lipinski definition) is 4. The molecule has 0 unspecified atom stereocenters. The van der Waals surface area contributed by atoms with E-state index in [0.717, 1.165) is 22.2 Å². The summed E-state index contributed by atoms with van der Waals surface area (Å²) < 4.78 is 5.79. The van der Waals surface area contributed by atoms with Crippen molar-refractivity contribution in [2.75, 3.05) is 5.32 Å². The van der Waals surface area contributed by atoms with Crippen molar-refractivity contribution in [3.8, 4) is 11.5 Å². The van der Waals surface area contributed by atoms with Crippen LogP contribution in [0.25, 0.3) is 22.6 Å². The number of oxazole rings is 1. The molecule has 0 spiro atoms. The molecule has 2 heterocycles. The van der Waals surface area contributed by atoms with Gasteiger partial charge in [-0.2, -0.15) is 0 Å². The van der Waals surface area contributed by atoms with E-state index in [1.54, 1.807) is 24.3 Å². The first-order valence-corrected chi connectivity index (χ1v) is 8.37. The van der Waals surface area contributed by atoms with Gasteiger partial charge in [-0.15, -0.1) is 0 Å². The van der Waals surface area contributed by atoms with Crippen molar-refractivity contribution in [1.82, 2.24) is 9.97 Å². The number of hydrogen-bond donors (Lipinski definition) is 1. The maximum atomic E-state index is 12.3. The first-order chi connectivity index (χ1) is 12.6. The second kappa shape index (κ2) is 6.61. The summed E-state index contributed by atoms with van der Waals surface area (Å²) >= 11 is 5.95. The van der Waals surface area contributed by atoms with Crippen molar-refractivity contribution in [2.45, 2.75) is 6.92 Å². The van der Waals surface area contributed by atoms with Gasteiger partial charge in [0.2, 0.25) is 5.89 Å². The lowest BCUT2D eigenvalue weighted by molar-refractivity contribution is 0.102. The summed E-state index contributed by atoms with van der Waals surface area (Å²) in [6.07, 6.45) is 1.54. The average molecular weight is 364 g/mol. The van der Waals surface area contributed by atoms with Crippen molar-refractivity contribution in [1.29, 1.82) is 0 Å². The van der Waals surface area contributed by atoms with E-state index in [0.29, 0.717) is 17.1 Å². The zero-order valence-corrected chi connectivity index (χ0v) is 14.6. The van der Waals surface area contributed by atoms with E-state index in [9.17, 15) is 4.79 Å². The summed E-state index contributed by atoms with van der Waals surface area (Å²) in [7, 11) is 0. The van der Waals surface area contributed by atoms with E-state index < -0.39 is 0 Å². The highest BCUT2D eigenvalue weighted by molar-refractivity contribution is 6.33. The molecule has 0 aliphatic rings. The van der Waals surface area contributed by atoms with Crippen LogP contribution in [0.2, 0.25) is 5.15 Å². The molecule has 0 atom stereocenters. The van der Waals surface area contributed by atoms with E-state index in [1.165, 1.54) is 6.20 Å². The molecule has 6 heteroatoms. The molecule has 2 aromatic carbocycles. The largest absolute Gasteiger partial charge is 0.436 e. The smallest absolute Gasteiger partial charge is 0.258 e. The molecule has 0 saturated carbocycles. The number of carbonyl (C=O) groups is 1. The van der Waals surface area contributed by atoms with Crippen LogP contribution in [0.15, 0.2) is 65.2 Å². The van der Waals surface area contributed by atoms with Crippen molar-refractivity contribution in [3.63, 3.8) is 0 Å². The molecule has 1 N–H and O–H groups in total. The number of rotatable bonds is 3. The minimum absolute atomic E-state index is 0.170. The van der Waals surface area contributed by atoms with Gasteiger partial charge in [0.25, 0.3) is 5.91 Å². The van der Waals surface area contributed by atoms with Crippen molar-refractivity contribution < 1.29 is 9.21 Å². The van der Waals surface area contributed by atoms with Crippen LogP contribution in [0.1, 0.15) is 15.9 Å². The van der Waals surface area contributed by atoms with Gasteiger partial charge in [0.1, 0.15) is 10.7 Å². The van der Waals surface area contributed by atoms with Gasteiger partial charge in [-0.3, -0.25) is 4.79 Å². The van der Waals surface area contributed by atoms with Gasteiger partial charge in [-0.05, 0) is 61.0 Å². The third-order valence-corrected chi connectivity index (χ3v) is 4.24. The van der Waals surface area contributed by atoms with Gasteiger partial charge in [-0.1, -0.05) is 17.7 Å². The molecule has 0 aliphatic carbocycles. The number of nitrogens with one attached hydrogen (secondary N) is 1. The van der Waals surface area contributed by atoms with E-state index in [2.05, 4.69) is 15.3 Å². The van der Waals surface area contributed by atoms with Crippen LogP contribution in [0.5, 0.6) is 0 Å².